The summed E-state index contributed by atoms with van der Waals surface area (Å²) in [7, 11) is 0. The van der Waals surface area contributed by atoms with Crippen molar-refractivity contribution in [3.05, 3.63) is 18.6 Å². The summed E-state index contributed by atoms with van der Waals surface area (Å²) in [5.41, 5.74) is 1.23. The van der Waals surface area contributed by atoms with E-state index in [1.54, 1.807) is 0 Å². The van der Waals surface area contributed by atoms with Crippen LogP contribution in [0.25, 0.3) is 0 Å². The predicted molar refractivity (Wildman–Crippen MR) is 29.4 cm³/mol. The van der Waals surface area contributed by atoms with Crippen LogP contribution in [-0.4, -0.2) is 0 Å². The molecule has 0 amide bonds. The highest BCUT2D eigenvalue weighted by Gasteiger charge is 1.76. The Bertz CT molecular complexity index is 44.0. The molecule has 0 spiro atoms. The Morgan fingerprint density at radius 2 is 2.33 bits per heavy atom. The first-order chi connectivity index (χ1) is 2.77. The van der Waals surface area contributed by atoms with E-state index in [0.29, 0.717) is 0 Å². The Morgan fingerprint density at radius 1 is 1.83 bits per heavy atom. The largest absolute Gasteiger partial charge is 0.100 e. The summed E-state index contributed by atoms with van der Waals surface area (Å²) < 4.78 is 0. The van der Waals surface area contributed by atoms with E-state index in [0.717, 1.165) is 6.42 Å². The molecule has 0 bridgehead atoms. The quantitative estimate of drug-likeness (QED) is 0.449. The van der Waals surface area contributed by atoms with Crippen LogP contribution < -0.4 is 0 Å². The predicted octanol–water partition coefficient (Wildman–Crippen LogP) is 2.18. The molecular formula is C6H11. The molecule has 1 radical (unpaired) electrons. The van der Waals surface area contributed by atoms with Crippen LogP contribution in [0.3, 0.4) is 0 Å². The van der Waals surface area contributed by atoms with Crippen LogP contribution in [0.15, 0.2) is 12.2 Å². The highest BCUT2D eigenvalue weighted by atomic mass is 13.8. The molecule has 0 fully saturated rings. The van der Waals surface area contributed by atoms with Crippen molar-refractivity contribution in [3.8, 4) is 0 Å². The fourth-order valence-corrected chi connectivity index (χ4v) is 0.348. The van der Waals surface area contributed by atoms with Gasteiger partial charge in [-0.05, 0) is 19.8 Å². The molecule has 0 rings (SSSR count). The van der Waals surface area contributed by atoms with Crippen molar-refractivity contribution in [2.24, 2.45) is 0 Å². The SMILES string of the molecule is C=C(C)C[CH]C. The molecule has 6 heavy (non-hydrogen) atoms. The lowest BCUT2D eigenvalue weighted by molar-refractivity contribution is 1.11. The van der Waals surface area contributed by atoms with Gasteiger partial charge in [0, 0.05) is 0 Å². The normalized spacial score (nSPS) is 8.33. The van der Waals surface area contributed by atoms with Gasteiger partial charge in [0.25, 0.3) is 0 Å². The maximum atomic E-state index is 3.71. The van der Waals surface area contributed by atoms with Gasteiger partial charge in [-0.25, -0.2) is 0 Å². The second-order valence-electron chi connectivity index (χ2n) is 1.57. The van der Waals surface area contributed by atoms with Gasteiger partial charge in [0.2, 0.25) is 0 Å². The fourth-order valence-electron chi connectivity index (χ4n) is 0.348. The Balaban J connectivity index is 2.83. The highest BCUT2D eigenvalue weighted by molar-refractivity contribution is 4.91. The van der Waals surface area contributed by atoms with Crippen molar-refractivity contribution in [3.63, 3.8) is 0 Å². The summed E-state index contributed by atoms with van der Waals surface area (Å²) in [6.07, 6.45) is 3.16. The van der Waals surface area contributed by atoms with Gasteiger partial charge in [0.1, 0.15) is 0 Å². The zero-order valence-corrected chi connectivity index (χ0v) is 4.49. The minimum atomic E-state index is 1.06. The minimum absolute atomic E-state index is 1.06. The van der Waals surface area contributed by atoms with E-state index >= 15 is 0 Å². The van der Waals surface area contributed by atoms with Gasteiger partial charge in [-0.1, -0.05) is 12.5 Å². The lowest BCUT2D eigenvalue weighted by Gasteiger charge is -1.86. The third-order valence-electron chi connectivity index (χ3n) is 0.553. The van der Waals surface area contributed by atoms with Gasteiger partial charge in [-0.3, -0.25) is 0 Å². The Hall–Kier alpha value is -0.260. The Labute approximate surface area is 39.9 Å². The average Bonchev–Trinajstić information content (AvgIpc) is 1.35. The molecule has 35 valence electrons. The van der Waals surface area contributed by atoms with Crippen LogP contribution in [0.1, 0.15) is 20.3 Å². The first kappa shape index (κ1) is 5.74. The van der Waals surface area contributed by atoms with Crippen LogP contribution in [0.2, 0.25) is 0 Å². The number of hydrogen-bond donors (Lipinski definition) is 0. The van der Waals surface area contributed by atoms with E-state index in [1.807, 2.05) is 13.8 Å². The van der Waals surface area contributed by atoms with Gasteiger partial charge >= 0.3 is 0 Å². The number of rotatable bonds is 2. The van der Waals surface area contributed by atoms with Crippen molar-refractivity contribution in [1.29, 1.82) is 0 Å². The molecule has 0 saturated carbocycles. The first-order valence-electron chi connectivity index (χ1n) is 2.19. The third kappa shape index (κ3) is 3.74. The molecule has 0 atom stereocenters. The Morgan fingerprint density at radius 3 is 2.33 bits per heavy atom. The summed E-state index contributed by atoms with van der Waals surface area (Å²) >= 11 is 0. The van der Waals surface area contributed by atoms with Gasteiger partial charge in [-0.15, -0.1) is 6.58 Å². The molecular weight excluding hydrogens is 72.1 g/mol. The van der Waals surface area contributed by atoms with E-state index in [1.165, 1.54) is 5.57 Å². The van der Waals surface area contributed by atoms with Gasteiger partial charge in [0.15, 0.2) is 0 Å². The van der Waals surface area contributed by atoms with Crippen molar-refractivity contribution >= 4 is 0 Å². The second-order valence-corrected chi connectivity index (χ2v) is 1.57. The summed E-state index contributed by atoms with van der Waals surface area (Å²) in [5, 5.41) is 0. The maximum Gasteiger partial charge on any atom is -0.0297 e. The number of hydrogen-bond acceptors (Lipinski definition) is 0. The molecule has 0 heteroatoms. The van der Waals surface area contributed by atoms with Gasteiger partial charge in [0.05, 0.1) is 0 Å². The summed E-state index contributed by atoms with van der Waals surface area (Å²) in [5.74, 6) is 0. The molecule has 0 aromatic carbocycles. The minimum Gasteiger partial charge on any atom is -0.100 e. The third-order valence-corrected chi connectivity index (χ3v) is 0.553. The molecule has 0 aromatic rings. The highest BCUT2D eigenvalue weighted by Crippen LogP contribution is 1.95. The van der Waals surface area contributed by atoms with Crippen LogP contribution in [0.5, 0.6) is 0 Å². The van der Waals surface area contributed by atoms with E-state index in [4.69, 9.17) is 0 Å². The van der Waals surface area contributed by atoms with Crippen LogP contribution in [0.4, 0.5) is 0 Å². The van der Waals surface area contributed by atoms with Crippen molar-refractivity contribution in [1.82, 2.24) is 0 Å². The molecule has 0 unspecified atom stereocenters. The second kappa shape index (κ2) is 2.95. The molecule has 0 heterocycles. The fraction of sp³-hybridized carbons (Fsp3) is 0.500. The zero-order valence-electron chi connectivity index (χ0n) is 4.49. The summed E-state index contributed by atoms with van der Waals surface area (Å²) in [4.78, 5) is 0. The molecule has 0 aliphatic rings. The molecule has 0 aromatic heterocycles. The lowest BCUT2D eigenvalue weighted by Crippen LogP contribution is -1.67. The standard InChI is InChI=1S/C6H11/c1-4-5-6(2)3/h4H,2,5H2,1,3H3. The summed E-state index contributed by atoms with van der Waals surface area (Å²) in [6, 6.07) is 0. The van der Waals surface area contributed by atoms with E-state index < -0.39 is 0 Å². The van der Waals surface area contributed by atoms with E-state index in [9.17, 15) is 0 Å². The van der Waals surface area contributed by atoms with Crippen molar-refractivity contribution < 1.29 is 0 Å². The topological polar surface area (TPSA) is 0 Å². The smallest absolute Gasteiger partial charge is 0.0297 e. The molecule has 0 N–H and O–H groups in total. The number of allylic oxidation sites excluding steroid dienone is 1. The van der Waals surface area contributed by atoms with Crippen LogP contribution >= 0.6 is 0 Å². The van der Waals surface area contributed by atoms with E-state index in [-0.39, 0.29) is 0 Å². The van der Waals surface area contributed by atoms with Gasteiger partial charge < -0.3 is 0 Å². The average molecular weight is 83.2 g/mol. The Kier molecular flexibility index (Phi) is 2.82. The molecule has 0 saturated heterocycles. The molecule has 0 nitrogen and oxygen atoms in total. The van der Waals surface area contributed by atoms with Gasteiger partial charge in [-0.2, -0.15) is 0 Å². The van der Waals surface area contributed by atoms with Crippen LogP contribution in [0, 0.1) is 6.42 Å². The maximum absolute atomic E-state index is 3.71. The van der Waals surface area contributed by atoms with Crippen molar-refractivity contribution in [2.75, 3.05) is 0 Å². The zero-order chi connectivity index (χ0) is 4.99. The van der Waals surface area contributed by atoms with Crippen LogP contribution in [-0.2, 0) is 0 Å². The summed E-state index contributed by atoms with van der Waals surface area (Å²) in [6.45, 7) is 7.78. The molecule has 0 aliphatic carbocycles. The van der Waals surface area contributed by atoms with E-state index in [2.05, 4.69) is 13.0 Å². The monoisotopic (exact) mass is 83.1 g/mol. The molecule has 0 aliphatic heterocycles. The lowest BCUT2D eigenvalue weighted by atomic mass is 10.2. The van der Waals surface area contributed by atoms with Crippen molar-refractivity contribution in [2.45, 2.75) is 20.3 Å². The first-order valence-corrected chi connectivity index (χ1v) is 2.19.